The number of nitrogens with one attached hydrogen (secondary N) is 2. The van der Waals surface area contributed by atoms with Crippen LogP contribution < -0.4 is 10.6 Å². The molecule has 0 atom stereocenters. The lowest BCUT2D eigenvalue weighted by Gasteiger charge is -2.08. The Labute approximate surface area is 136 Å². The third-order valence-electron chi connectivity index (χ3n) is 2.91. The van der Waals surface area contributed by atoms with Crippen molar-refractivity contribution < 1.29 is 14.0 Å². The van der Waals surface area contributed by atoms with Crippen LogP contribution in [0.1, 0.15) is 30.3 Å². The first-order valence-corrected chi connectivity index (χ1v) is 7.74. The molecule has 0 radical (unpaired) electrons. The predicted octanol–water partition coefficient (Wildman–Crippen LogP) is 2.41. The lowest BCUT2D eigenvalue weighted by atomic mass is 10.3. The van der Waals surface area contributed by atoms with Crippen molar-refractivity contribution in [3.05, 3.63) is 34.8 Å². The number of hydrogen-bond donors (Lipinski definition) is 2. The van der Waals surface area contributed by atoms with E-state index in [4.69, 9.17) is 4.42 Å². The predicted molar refractivity (Wildman–Crippen MR) is 84.5 cm³/mol. The molecule has 0 aliphatic carbocycles. The van der Waals surface area contributed by atoms with Crippen LogP contribution in [0.15, 0.2) is 33.5 Å². The van der Waals surface area contributed by atoms with E-state index in [9.17, 15) is 9.59 Å². The van der Waals surface area contributed by atoms with Crippen LogP contribution in [0.25, 0.3) is 0 Å². The monoisotopic (exact) mass is 368 g/mol. The van der Waals surface area contributed by atoms with Gasteiger partial charge in [0.05, 0.1) is 12.7 Å². The molecule has 7 nitrogen and oxygen atoms in total. The Morgan fingerprint density at radius 2 is 2.18 bits per heavy atom. The molecule has 2 rings (SSSR count). The summed E-state index contributed by atoms with van der Waals surface area (Å²) in [5.74, 6) is -0.00124. The molecular formula is C14H17BrN4O3. The van der Waals surface area contributed by atoms with Crippen molar-refractivity contribution in [2.45, 2.75) is 26.3 Å². The topological polar surface area (TPSA) is 89.2 Å². The molecule has 0 aromatic carbocycles. The molecule has 2 aromatic rings. The van der Waals surface area contributed by atoms with Crippen LogP contribution in [0.5, 0.6) is 0 Å². The summed E-state index contributed by atoms with van der Waals surface area (Å²) in [6.07, 6.45) is 3.65. The number of unbranched alkanes of at least 4 members (excludes halogenated alkanes) is 1. The minimum Gasteiger partial charge on any atom is -0.444 e. The Hall–Kier alpha value is -2.09. The number of carbonyl (C=O) groups excluding carboxylic acids is 2. The van der Waals surface area contributed by atoms with Gasteiger partial charge in [-0.2, -0.15) is 5.10 Å². The average molecular weight is 369 g/mol. The summed E-state index contributed by atoms with van der Waals surface area (Å²) >= 11 is 3.11. The quantitative estimate of drug-likeness (QED) is 0.785. The fourth-order valence-electron chi connectivity index (χ4n) is 1.80. The second kappa shape index (κ2) is 7.79. The van der Waals surface area contributed by atoms with Crippen LogP contribution in [0.4, 0.5) is 5.82 Å². The highest BCUT2D eigenvalue weighted by Gasteiger charge is 2.12. The number of amides is 2. The Morgan fingerprint density at radius 3 is 2.86 bits per heavy atom. The summed E-state index contributed by atoms with van der Waals surface area (Å²) in [6.45, 7) is 2.69. The Bertz CT molecular complexity index is 650. The van der Waals surface area contributed by atoms with Gasteiger partial charge >= 0.3 is 0 Å². The molecule has 0 saturated heterocycles. The van der Waals surface area contributed by atoms with Crippen molar-refractivity contribution in [3.63, 3.8) is 0 Å². The summed E-state index contributed by atoms with van der Waals surface area (Å²) in [4.78, 5) is 23.6. The molecule has 0 aliphatic heterocycles. The number of aryl methyl sites for hydroxylation is 1. The van der Waals surface area contributed by atoms with Gasteiger partial charge in [-0.05, 0) is 34.5 Å². The van der Waals surface area contributed by atoms with E-state index in [1.165, 1.54) is 6.07 Å². The minimum atomic E-state index is -0.444. The molecule has 0 aliphatic rings. The Morgan fingerprint density at radius 1 is 1.36 bits per heavy atom. The van der Waals surface area contributed by atoms with Crippen molar-refractivity contribution >= 4 is 33.6 Å². The molecule has 8 heteroatoms. The standard InChI is InChI=1S/C14H17BrN4O3/c1-2-3-8-19-12(6-7-17-19)18-13(20)9-16-14(21)10-4-5-11(15)22-10/h4-7H,2-3,8-9H2,1H3,(H,16,21)(H,18,20). The smallest absolute Gasteiger partial charge is 0.287 e. The molecule has 2 aromatic heterocycles. The van der Waals surface area contributed by atoms with E-state index in [0.29, 0.717) is 10.5 Å². The third-order valence-corrected chi connectivity index (χ3v) is 3.34. The second-order valence-electron chi connectivity index (χ2n) is 4.63. The maximum Gasteiger partial charge on any atom is 0.287 e. The normalized spacial score (nSPS) is 10.5. The van der Waals surface area contributed by atoms with Crippen molar-refractivity contribution in [2.75, 3.05) is 11.9 Å². The minimum absolute atomic E-state index is 0.143. The highest BCUT2D eigenvalue weighted by molar-refractivity contribution is 9.10. The highest BCUT2D eigenvalue weighted by Crippen LogP contribution is 2.13. The van der Waals surface area contributed by atoms with Crippen LogP contribution in [0, 0.1) is 0 Å². The van der Waals surface area contributed by atoms with Crippen LogP contribution in [0.3, 0.4) is 0 Å². The maximum absolute atomic E-state index is 11.9. The van der Waals surface area contributed by atoms with Crippen molar-refractivity contribution in [1.82, 2.24) is 15.1 Å². The number of hydrogen-bond acceptors (Lipinski definition) is 4. The average Bonchev–Trinajstić information content (AvgIpc) is 3.11. The van der Waals surface area contributed by atoms with Crippen molar-refractivity contribution in [2.24, 2.45) is 0 Å². The first-order valence-electron chi connectivity index (χ1n) is 6.95. The number of nitrogens with zero attached hydrogens (tertiary/aromatic N) is 2. The van der Waals surface area contributed by atoms with Gasteiger partial charge in [0.25, 0.3) is 5.91 Å². The molecule has 0 bridgehead atoms. The number of halogens is 1. The van der Waals surface area contributed by atoms with Crippen LogP contribution in [0.2, 0.25) is 0 Å². The molecule has 118 valence electrons. The summed E-state index contributed by atoms with van der Waals surface area (Å²) in [6, 6.07) is 4.86. The van der Waals surface area contributed by atoms with E-state index in [-0.39, 0.29) is 18.2 Å². The number of carbonyl (C=O) groups is 2. The van der Waals surface area contributed by atoms with Crippen LogP contribution >= 0.6 is 15.9 Å². The van der Waals surface area contributed by atoms with Gasteiger partial charge in [0.1, 0.15) is 5.82 Å². The molecule has 0 unspecified atom stereocenters. The van der Waals surface area contributed by atoms with Gasteiger partial charge < -0.3 is 15.1 Å². The lowest BCUT2D eigenvalue weighted by Crippen LogP contribution is -2.33. The zero-order valence-electron chi connectivity index (χ0n) is 12.1. The number of furan rings is 1. The van der Waals surface area contributed by atoms with Gasteiger partial charge in [0.15, 0.2) is 10.4 Å². The lowest BCUT2D eigenvalue weighted by molar-refractivity contribution is -0.115. The van der Waals surface area contributed by atoms with Gasteiger partial charge in [-0.3, -0.25) is 9.59 Å². The molecule has 2 N–H and O–H groups in total. The Kier molecular flexibility index (Phi) is 5.76. The molecule has 0 fully saturated rings. The van der Waals surface area contributed by atoms with E-state index in [2.05, 4.69) is 38.6 Å². The third kappa shape index (κ3) is 4.45. The summed E-state index contributed by atoms with van der Waals surface area (Å²) < 4.78 is 7.29. The summed E-state index contributed by atoms with van der Waals surface area (Å²) in [5.41, 5.74) is 0. The maximum atomic E-state index is 11.9. The number of aromatic nitrogens is 2. The molecule has 2 amide bonds. The second-order valence-corrected chi connectivity index (χ2v) is 5.41. The van der Waals surface area contributed by atoms with Gasteiger partial charge in [-0.1, -0.05) is 13.3 Å². The fourth-order valence-corrected chi connectivity index (χ4v) is 2.10. The van der Waals surface area contributed by atoms with Gasteiger partial charge in [-0.25, -0.2) is 4.68 Å². The van der Waals surface area contributed by atoms with Gasteiger partial charge in [0.2, 0.25) is 5.91 Å². The largest absolute Gasteiger partial charge is 0.444 e. The van der Waals surface area contributed by atoms with E-state index in [0.717, 1.165) is 19.4 Å². The van der Waals surface area contributed by atoms with Crippen molar-refractivity contribution in [1.29, 1.82) is 0 Å². The van der Waals surface area contributed by atoms with Crippen molar-refractivity contribution in [3.8, 4) is 0 Å². The van der Waals surface area contributed by atoms with Gasteiger partial charge in [-0.15, -0.1) is 0 Å². The fraction of sp³-hybridized carbons (Fsp3) is 0.357. The highest BCUT2D eigenvalue weighted by atomic mass is 79.9. The number of anilines is 1. The zero-order valence-corrected chi connectivity index (χ0v) is 13.7. The van der Waals surface area contributed by atoms with E-state index in [1.54, 1.807) is 23.0 Å². The zero-order chi connectivity index (χ0) is 15.9. The molecule has 22 heavy (non-hydrogen) atoms. The summed E-state index contributed by atoms with van der Waals surface area (Å²) in [5, 5.41) is 9.36. The molecule has 0 saturated carbocycles. The van der Waals surface area contributed by atoms with E-state index < -0.39 is 5.91 Å². The van der Waals surface area contributed by atoms with Crippen LogP contribution in [-0.4, -0.2) is 28.1 Å². The van der Waals surface area contributed by atoms with E-state index >= 15 is 0 Å². The molecule has 2 heterocycles. The summed E-state index contributed by atoms with van der Waals surface area (Å²) in [7, 11) is 0. The van der Waals surface area contributed by atoms with Gasteiger partial charge in [0, 0.05) is 12.6 Å². The first kappa shape index (κ1) is 16.3. The Balaban J connectivity index is 1.83. The first-order chi connectivity index (χ1) is 10.6. The molecular weight excluding hydrogens is 352 g/mol. The molecule has 0 spiro atoms. The van der Waals surface area contributed by atoms with Crippen LogP contribution in [-0.2, 0) is 11.3 Å². The van der Waals surface area contributed by atoms with E-state index in [1.807, 2.05) is 0 Å². The SMILES string of the molecule is CCCCn1nccc1NC(=O)CNC(=O)c1ccc(Br)o1. The number of rotatable bonds is 7.